The molecule has 28 heavy (non-hydrogen) atoms. The number of aromatic nitrogens is 1. The molecule has 2 aromatic carbocycles. The van der Waals surface area contributed by atoms with Gasteiger partial charge in [0.05, 0.1) is 23.7 Å². The second-order valence-corrected chi connectivity index (χ2v) is 7.29. The zero-order valence-corrected chi connectivity index (χ0v) is 16.3. The number of alkyl halides is 3. The molecule has 0 aliphatic carbocycles. The summed E-state index contributed by atoms with van der Waals surface area (Å²) in [5.41, 5.74) is -1.01. The van der Waals surface area contributed by atoms with Gasteiger partial charge in [-0.25, -0.2) is 0 Å². The second-order valence-electron chi connectivity index (χ2n) is 6.05. The van der Waals surface area contributed by atoms with E-state index in [0.29, 0.717) is 6.07 Å². The summed E-state index contributed by atoms with van der Waals surface area (Å²) in [5, 5.41) is 22.2. The highest BCUT2D eigenvalue weighted by Crippen LogP contribution is 2.33. The molecule has 3 aromatic rings. The number of hydrogen-bond donors (Lipinski definition) is 2. The molecular weight excluding hydrogens is 486 g/mol. The van der Waals surface area contributed by atoms with Crippen LogP contribution in [0.1, 0.15) is 11.1 Å². The van der Waals surface area contributed by atoms with Crippen LogP contribution in [0.25, 0.3) is 10.9 Å². The van der Waals surface area contributed by atoms with Crippen LogP contribution in [0.4, 0.5) is 18.9 Å². The van der Waals surface area contributed by atoms with Crippen molar-refractivity contribution in [3.63, 3.8) is 0 Å². The number of amides is 1. The van der Waals surface area contributed by atoms with E-state index < -0.39 is 29.3 Å². The Morgan fingerprint density at radius 3 is 2.68 bits per heavy atom. The quantitative estimate of drug-likeness (QED) is 0.530. The number of benzene rings is 2. The lowest BCUT2D eigenvalue weighted by Crippen LogP contribution is -2.31. The number of anilines is 1. The standard InChI is InChI=1S/C19H13F3IN3O2/c20-19(21,22)15-8-14(3-1-12(15)9-24)25-18(28)17(27)10-26-6-5-11-7-13(23)2-4-16(11)26/h1-8,17,27H,10H2,(H,25,28)/t17-/m0/s1. The summed E-state index contributed by atoms with van der Waals surface area (Å²) in [6.45, 7) is -0.0572. The Labute approximate surface area is 171 Å². The minimum absolute atomic E-state index is 0.0572. The molecule has 1 atom stereocenters. The Bertz CT molecular complexity index is 1090. The van der Waals surface area contributed by atoms with Gasteiger partial charge in [0.25, 0.3) is 5.91 Å². The fourth-order valence-electron chi connectivity index (χ4n) is 2.78. The van der Waals surface area contributed by atoms with E-state index in [2.05, 4.69) is 27.9 Å². The van der Waals surface area contributed by atoms with E-state index in [1.807, 2.05) is 24.3 Å². The first-order valence-corrected chi connectivity index (χ1v) is 9.11. The number of nitriles is 1. The van der Waals surface area contributed by atoms with Crippen LogP contribution >= 0.6 is 22.6 Å². The van der Waals surface area contributed by atoms with Gasteiger partial charge < -0.3 is 15.0 Å². The number of nitrogens with one attached hydrogen (secondary N) is 1. The number of carbonyl (C=O) groups excluding carboxylic acids is 1. The Balaban J connectivity index is 1.76. The fourth-order valence-corrected chi connectivity index (χ4v) is 3.29. The van der Waals surface area contributed by atoms with E-state index in [9.17, 15) is 23.1 Å². The van der Waals surface area contributed by atoms with Crippen molar-refractivity contribution in [1.82, 2.24) is 4.57 Å². The molecule has 1 amide bonds. The van der Waals surface area contributed by atoms with E-state index in [4.69, 9.17) is 5.26 Å². The average Bonchev–Trinajstić information content (AvgIpc) is 3.02. The molecule has 0 radical (unpaired) electrons. The number of halogens is 4. The lowest BCUT2D eigenvalue weighted by atomic mass is 10.1. The molecule has 1 heterocycles. The molecule has 144 valence electrons. The first kappa shape index (κ1) is 20.2. The average molecular weight is 499 g/mol. The van der Waals surface area contributed by atoms with E-state index in [1.54, 1.807) is 10.8 Å². The Hall–Kier alpha value is -2.58. The molecule has 3 rings (SSSR count). The third-order valence-corrected chi connectivity index (χ3v) is 4.79. The van der Waals surface area contributed by atoms with E-state index >= 15 is 0 Å². The van der Waals surface area contributed by atoms with Crippen molar-refractivity contribution in [2.24, 2.45) is 0 Å². The molecule has 0 bridgehead atoms. The molecule has 0 aliphatic heterocycles. The molecule has 0 unspecified atom stereocenters. The van der Waals surface area contributed by atoms with Gasteiger partial charge in [0.1, 0.15) is 0 Å². The summed E-state index contributed by atoms with van der Waals surface area (Å²) in [6.07, 6.45) is -4.48. The third-order valence-electron chi connectivity index (χ3n) is 4.12. The predicted molar refractivity (Wildman–Crippen MR) is 105 cm³/mol. The molecule has 9 heteroatoms. The zero-order chi connectivity index (χ0) is 20.5. The van der Waals surface area contributed by atoms with Crippen LogP contribution in [-0.4, -0.2) is 21.7 Å². The highest BCUT2D eigenvalue weighted by molar-refractivity contribution is 14.1. The molecule has 0 fully saturated rings. The highest BCUT2D eigenvalue weighted by atomic mass is 127. The Morgan fingerprint density at radius 2 is 2.00 bits per heavy atom. The number of fused-ring (bicyclic) bond motifs is 1. The maximum Gasteiger partial charge on any atom is 0.417 e. The summed E-state index contributed by atoms with van der Waals surface area (Å²) in [7, 11) is 0. The first-order chi connectivity index (χ1) is 13.2. The highest BCUT2D eigenvalue weighted by Gasteiger charge is 2.34. The molecule has 5 nitrogen and oxygen atoms in total. The van der Waals surface area contributed by atoms with E-state index in [0.717, 1.165) is 20.5 Å². The lowest BCUT2D eigenvalue weighted by molar-refractivity contribution is -0.137. The Kier molecular flexibility index (Phi) is 5.62. The van der Waals surface area contributed by atoms with E-state index in [-0.39, 0.29) is 12.2 Å². The van der Waals surface area contributed by atoms with Crippen LogP contribution in [0.2, 0.25) is 0 Å². The molecule has 1 aromatic heterocycles. The summed E-state index contributed by atoms with van der Waals surface area (Å²) in [6, 6.07) is 11.9. The van der Waals surface area contributed by atoms with Crippen molar-refractivity contribution in [3.8, 4) is 6.07 Å². The van der Waals surface area contributed by atoms with Crippen LogP contribution in [0.5, 0.6) is 0 Å². The van der Waals surface area contributed by atoms with Crippen LogP contribution in [0, 0.1) is 14.9 Å². The van der Waals surface area contributed by atoms with Gasteiger partial charge in [-0.05, 0) is 65.1 Å². The third kappa shape index (κ3) is 4.28. The van der Waals surface area contributed by atoms with Crippen molar-refractivity contribution < 1.29 is 23.1 Å². The SMILES string of the molecule is N#Cc1ccc(NC(=O)[C@@H](O)Cn2ccc3cc(I)ccc32)cc1C(F)(F)F. The van der Waals surface area contributed by atoms with Crippen molar-refractivity contribution >= 4 is 45.1 Å². The summed E-state index contributed by atoms with van der Waals surface area (Å²) in [5.74, 6) is -0.842. The van der Waals surface area contributed by atoms with Gasteiger partial charge in [0.15, 0.2) is 6.10 Å². The number of aliphatic hydroxyl groups excluding tert-OH is 1. The summed E-state index contributed by atoms with van der Waals surface area (Å²) in [4.78, 5) is 12.2. The topological polar surface area (TPSA) is 78.1 Å². The van der Waals surface area contributed by atoms with Gasteiger partial charge >= 0.3 is 6.18 Å². The lowest BCUT2D eigenvalue weighted by Gasteiger charge is -2.15. The zero-order valence-electron chi connectivity index (χ0n) is 14.2. The normalized spacial score (nSPS) is 12.6. The van der Waals surface area contributed by atoms with Crippen LogP contribution < -0.4 is 5.32 Å². The first-order valence-electron chi connectivity index (χ1n) is 8.03. The Morgan fingerprint density at radius 1 is 1.25 bits per heavy atom. The molecule has 0 saturated heterocycles. The fraction of sp³-hybridized carbons (Fsp3) is 0.158. The number of aliphatic hydroxyl groups is 1. The van der Waals surface area contributed by atoms with E-state index in [1.165, 1.54) is 12.1 Å². The molecular formula is C19H13F3IN3O2. The van der Waals surface area contributed by atoms with Gasteiger partial charge in [0, 0.05) is 26.4 Å². The van der Waals surface area contributed by atoms with Gasteiger partial charge in [0.2, 0.25) is 0 Å². The molecule has 0 saturated carbocycles. The molecule has 0 spiro atoms. The van der Waals surface area contributed by atoms with Gasteiger partial charge in [-0.1, -0.05) is 0 Å². The largest absolute Gasteiger partial charge is 0.417 e. The second kappa shape index (κ2) is 7.81. The monoisotopic (exact) mass is 499 g/mol. The summed E-state index contributed by atoms with van der Waals surface area (Å²) >= 11 is 2.18. The van der Waals surface area contributed by atoms with Gasteiger partial charge in [-0.3, -0.25) is 4.79 Å². The van der Waals surface area contributed by atoms with Crippen molar-refractivity contribution in [1.29, 1.82) is 5.26 Å². The van der Waals surface area contributed by atoms with Crippen molar-refractivity contribution in [2.75, 3.05) is 5.32 Å². The molecule has 0 aliphatic rings. The van der Waals surface area contributed by atoms with Crippen LogP contribution in [-0.2, 0) is 17.5 Å². The maximum absolute atomic E-state index is 13.0. The minimum atomic E-state index is -4.73. The van der Waals surface area contributed by atoms with Gasteiger partial charge in [-0.2, -0.15) is 18.4 Å². The number of carbonyl (C=O) groups is 1. The maximum atomic E-state index is 13.0. The summed E-state index contributed by atoms with van der Waals surface area (Å²) < 4.78 is 41.8. The van der Waals surface area contributed by atoms with Crippen molar-refractivity contribution in [3.05, 3.63) is 63.4 Å². The number of rotatable bonds is 4. The molecule has 2 N–H and O–H groups in total. The predicted octanol–water partition coefficient (Wildman–Crippen LogP) is 4.14. The minimum Gasteiger partial charge on any atom is -0.381 e. The van der Waals surface area contributed by atoms with Crippen LogP contribution in [0.15, 0.2) is 48.7 Å². The smallest absolute Gasteiger partial charge is 0.381 e. The van der Waals surface area contributed by atoms with Gasteiger partial charge in [-0.15, -0.1) is 0 Å². The number of hydrogen-bond acceptors (Lipinski definition) is 3. The number of nitrogens with zero attached hydrogens (tertiary/aromatic N) is 2. The van der Waals surface area contributed by atoms with Crippen LogP contribution in [0.3, 0.4) is 0 Å². The van der Waals surface area contributed by atoms with Crippen molar-refractivity contribution in [2.45, 2.75) is 18.8 Å².